The molecule has 0 aliphatic carbocycles. The van der Waals surface area contributed by atoms with E-state index in [2.05, 4.69) is 4.98 Å². The van der Waals surface area contributed by atoms with Gasteiger partial charge in [0.25, 0.3) is 0 Å². The van der Waals surface area contributed by atoms with Crippen molar-refractivity contribution < 1.29 is 9.66 Å². The fourth-order valence-corrected chi connectivity index (χ4v) is 1.82. The number of anilines is 1. The minimum Gasteiger partial charge on any atom is -0.433 e. The summed E-state index contributed by atoms with van der Waals surface area (Å²) in [6.45, 7) is 4.03. The summed E-state index contributed by atoms with van der Waals surface area (Å²) in [5, 5.41) is 11.0. The van der Waals surface area contributed by atoms with Crippen LogP contribution in [0.3, 0.4) is 0 Å². The standard InChI is InChI=1S/C14H15N3O3/c1-9(2)10-5-3-4-6-12(10)20-14-11(17(18)19)7-8-13(15)16-14/h3-9H,1-2H3,(H2,15,16). The highest BCUT2D eigenvalue weighted by atomic mass is 16.6. The molecule has 6 nitrogen and oxygen atoms in total. The molecule has 2 aromatic rings. The zero-order chi connectivity index (χ0) is 14.7. The monoisotopic (exact) mass is 273 g/mol. The number of nitrogens with two attached hydrogens (primary N) is 1. The third-order valence-corrected chi connectivity index (χ3v) is 2.81. The Morgan fingerprint density at radius 3 is 2.60 bits per heavy atom. The molecule has 20 heavy (non-hydrogen) atoms. The molecule has 0 atom stereocenters. The second-order valence-electron chi connectivity index (χ2n) is 4.61. The van der Waals surface area contributed by atoms with Crippen molar-refractivity contribution in [3.8, 4) is 11.6 Å². The van der Waals surface area contributed by atoms with E-state index in [9.17, 15) is 10.1 Å². The summed E-state index contributed by atoms with van der Waals surface area (Å²) < 4.78 is 5.61. The van der Waals surface area contributed by atoms with Crippen LogP contribution in [0.5, 0.6) is 11.6 Å². The van der Waals surface area contributed by atoms with Crippen LogP contribution < -0.4 is 10.5 Å². The molecule has 0 saturated carbocycles. The van der Waals surface area contributed by atoms with Crippen LogP contribution in [0.2, 0.25) is 0 Å². The molecule has 104 valence electrons. The number of para-hydroxylation sites is 1. The molecule has 0 radical (unpaired) electrons. The summed E-state index contributed by atoms with van der Waals surface area (Å²) in [4.78, 5) is 14.3. The topological polar surface area (TPSA) is 91.3 Å². The molecule has 0 unspecified atom stereocenters. The van der Waals surface area contributed by atoms with Gasteiger partial charge in [-0.05, 0) is 23.6 Å². The second kappa shape index (κ2) is 5.56. The molecule has 6 heteroatoms. The van der Waals surface area contributed by atoms with Crippen LogP contribution in [-0.4, -0.2) is 9.91 Å². The summed E-state index contributed by atoms with van der Waals surface area (Å²) in [6, 6.07) is 10.0. The van der Waals surface area contributed by atoms with Crippen molar-refractivity contribution in [2.45, 2.75) is 19.8 Å². The van der Waals surface area contributed by atoms with Gasteiger partial charge in [0.05, 0.1) is 4.92 Å². The number of hydrogen-bond donors (Lipinski definition) is 1. The van der Waals surface area contributed by atoms with Crippen molar-refractivity contribution in [2.24, 2.45) is 0 Å². The first kappa shape index (κ1) is 13.8. The van der Waals surface area contributed by atoms with Gasteiger partial charge in [-0.1, -0.05) is 32.0 Å². The van der Waals surface area contributed by atoms with E-state index in [4.69, 9.17) is 10.5 Å². The van der Waals surface area contributed by atoms with E-state index in [0.717, 1.165) is 5.56 Å². The van der Waals surface area contributed by atoms with Gasteiger partial charge in [0.15, 0.2) is 0 Å². The zero-order valence-corrected chi connectivity index (χ0v) is 11.2. The zero-order valence-electron chi connectivity index (χ0n) is 11.2. The van der Waals surface area contributed by atoms with Gasteiger partial charge in [0, 0.05) is 6.07 Å². The van der Waals surface area contributed by atoms with Crippen molar-refractivity contribution in [3.05, 3.63) is 52.1 Å². The maximum Gasteiger partial charge on any atom is 0.331 e. The first-order valence-electron chi connectivity index (χ1n) is 6.16. The molecular formula is C14H15N3O3. The molecule has 1 aromatic carbocycles. The van der Waals surface area contributed by atoms with Crippen molar-refractivity contribution in [2.75, 3.05) is 5.73 Å². The Morgan fingerprint density at radius 1 is 1.25 bits per heavy atom. The van der Waals surface area contributed by atoms with Gasteiger partial charge in [0.2, 0.25) is 0 Å². The van der Waals surface area contributed by atoms with Crippen LogP contribution in [0.25, 0.3) is 0 Å². The minimum absolute atomic E-state index is 0.0944. The van der Waals surface area contributed by atoms with Crippen LogP contribution >= 0.6 is 0 Å². The number of nitrogen functional groups attached to an aromatic ring is 1. The van der Waals surface area contributed by atoms with E-state index in [1.165, 1.54) is 12.1 Å². The lowest BCUT2D eigenvalue weighted by molar-refractivity contribution is -0.386. The first-order valence-corrected chi connectivity index (χ1v) is 6.16. The van der Waals surface area contributed by atoms with Crippen molar-refractivity contribution in [3.63, 3.8) is 0 Å². The Bertz CT molecular complexity index is 641. The van der Waals surface area contributed by atoms with Gasteiger partial charge in [0.1, 0.15) is 11.6 Å². The summed E-state index contributed by atoms with van der Waals surface area (Å²) >= 11 is 0. The molecular weight excluding hydrogens is 258 g/mol. The van der Waals surface area contributed by atoms with E-state index in [1.807, 2.05) is 26.0 Å². The van der Waals surface area contributed by atoms with Crippen molar-refractivity contribution in [1.29, 1.82) is 0 Å². The number of aromatic nitrogens is 1. The van der Waals surface area contributed by atoms with Crippen LogP contribution in [0.4, 0.5) is 11.5 Å². The number of rotatable bonds is 4. The number of ether oxygens (including phenoxy) is 1. The average molecular weight is 273 g/mol. The Morgan fingerprint density at radius 2 is 1.95 bits per heavy atom. The minimum atomic E-state index is -0.542. The summed E-state index contributed by atoms with van der Waals surface area (Å²) in [6.07, 6.45) is 0. The third kappa shape index (κ3) is 2.85. The highest BCUT2D eigenvalue weighted by Gasteiger charge is 2.19. The number of benzene rings is 1. The fourth-order valence-electron chi connectivity index (χ4n) is 1.82. The van der Waals surface area contributed by atoms with Crippen LogP contribution in [0, 0.1) is 10.1 Å². The Labute approximate surface area is 116 Å². The smallest absolute Gasteiger partial charge is 0.331 e. The van der Waals surface area contributed by atoms with Crippen LogP contribution in [-0.2, 0) is 0 Å². The normalized spacial score (nSPS) is 10.6. The van der Waals surface area contributed by atoms with Crippen LogP contribution in [0.15, 0.2) is 36.4 Å². The molecule has 0 saturated heterocycles. The summed E-state index contributed by atoms with van der Waals surface area (Å²) in [5.74, 6) is 0.853. The first-order chi connectivity index (χ1) is 9.49. The Hall–Kier alpha value is -2.63. The molecule has 1 aromatic heterocycles. The van der Waals surface area contributed by atoms with Gasteiger partial charge >= 0.3 is 11.6 Å². The number of nitrogens with zero attached hydrogens (tertiary/aromatic N) is 2. The van der Waals surface area contributed by atoms with Crippen molar-refractivity contribution >= 4 is 11.5 Å². The third-order valence-electron chi connectivity index (χ3n) is 2.81. The second-order valence-corrected chi connectivity index (χ2v) is 4.61. The maximum absolute atomic E-state index is 11.0. The highest BCUT2D eigenvalue weighted by Crippen LogP contribution is 2.34. The summed E-state index contributed by atoms with van der Waals surface area (Å²) in [5.41, 5.74) is 6.31. The maximum atomic E-state index is 11.0. The van der Waals surface area contributed by atoms with E-state index in [0.29, 0.717) is 5.75 Å². The Kier molecular flexibility index (Phi) is 3.84. The quantitative estimate of drug-likeness (QED) is 0.680. The molecule has 1 heterocycles. The van der Waals surface area contributed by atoms with E-state index in [1.54, 1.807) is 12.1 Å². The molecule has 0 amide bonds. The largest absolute Gasteiger partial charge is 0.433 e. The predicted octanol–water partition coefficient (Wildman–Crippen LogP) is 3.49. The van der Waals surface area contributed by atoms with Gasteiger partial charge in [-0.2, -0.15) is 4.98 Å². The molecule has 0 aliphatic heterocycles. The number of hydrogen-bond acceptors (Lipinski definition) is 5. The predicted molar refractivity (Wildman–Crippen MR) is 75.9 cm³/mol. The SMILES string of the molecule is CC(C)c1ccccc1Oc1nc(N)ccc1[N+](=O)[O-]. The van der Waals surface area contributed by atoms with Gasteiger partial charge in [-0.25, -0.2) is 0 Å². The lowest BCUT2D eigenvalue weighted by Gasteiger charge is -2.13. The Balaban J connectivity index is 2.45. The van der Waals surface area contributed by atoms with Gasteiger partial charge < -0.3 is 10.5 Å². The number of pyridine rings is 1. The average Bonchev–Trinajstić information content (AvgIpc) is 2.38. The van der Waals surface area contributed by atoms with Gasteiger partial charge in [-0.15, -0.1) is 0 Å². The summed E-state index contributed by atoms with van der Waals surface area (Å²) in [7, 11) is 0. The van der Waals surface area contributed by atoms with E-state index >= 15 is 0 Å². The fraction of sp³-hybridized carbons (Fsp3) is 0.214. The lowest BCUT2D eigenvalue weighted by Crippen LogP contribution is -2.00. The van der Waals surface area contributed by atoms with E-state index < -0.39 is 4.92 Å². The molecule has 2 rings (SSSR count). The van der Waals surface area contributed by atoms with Crippen molar-refractivity contribution in [1.82, 2.24) is 4.98 Å². The van der Waals surface area contributed by atoms with Gasteiger partial charge in [-0.3, -0.25) is 10.1 Å². The molecule has 0 aliphatic rings. The molecule has 0 fully saturated rings. The van der Waals surface area contributed by atoms with Crippen LogP contribution in [0.1, 0.15) is 25.3 Å². The molecule has 2 N–H and O–H groups in total. The molecule has 0 spiro atoms. The number of nitro groups is 1. The van der Waals surface area contributed by atoms with E-state index in [-0.39, 0.29) is 23.3 Å². The molecule has 0 bridgehead atoms. The highest BCUT2D eigenvalue weighted by molar-refractivity contribution is 5.49. The lowest BCUT2D eigenvalue weighted by atomic mass is 10.0.